The molecule has 32 heavy (non-hydrogen) atoms. The van der Waals surface area contributed by atoms with Crippen LogP contribution in [-0.4, -0.2) is 51.4 Å². The number of aromatic nitrogens is 2. The van der Waals surface area contributed by atoms with Crippen LogP contribution >= 0.6 is 0 Å². The van der Waals surface area contributed by atoms with Crippen LogP contribution in [0.4, 0.5) is 0 Å². The van der Waals surface area contributed by atoms with E-state index in [1.807, 2.05) is 36.4 Å². The number of benzene rings is 1. The van der Waals surface area contributed by atoms with Crippen molar-refractivity contribution in [2.45, 2.75) is 62.9 Å². The van der Waals surface area contributed by atoms with Crippen LogP contribution in [0.5, 0.6) is 0 Å². The lowest BCUT2D eigenvalue weighted by molar-refractivity contribution is -0.239. The van der Waals surface area contributed by atoms with E-state index >= 15 is 0 Å². The lowest BCUT2D eigenvalue weighted by Crippen LogP contribution is -2.57. The third-order valence-electron chi connectivity index (χ3n) is 6.53. The van der Waals surface area contributed by atoms with Gasteiger partial charge in [-0.2, -0.15) is 0 Å². The molecule has 6 atom stereocenters. The van der Waals surface area contributed by atoms with Crippen molar-refractivity contribution in [3.8, 4) is 0 Å². The second kappa shape index (κ2) is 8.09. The molecular formula is C23H26N2O7. The number of aryl methyl sites for hydroxylation is 1. The molecule has 1 aromatic carbocycles. The van der Waals surface area contributed by atoms with Crippen molar-refractivity contribution in [3.63, 3.8) is 0 Å². The summed E-state index contributed by atoms with van der Waals surface area (Å²) in [5, 5.41) is 10.7. The van der Waals surface area contributed by atoms with Gasteiger partial charge in [-0.3, -0.25) is 9.36 Å². The number of aliphatic hydroxyl groups is 1. The van der Waals surface area contributed by atoms with Gasteiger partial charge in [-0.1, -0.05) is 42.5 Å². The van der Waals surface area contributed by atoms with Crippen LogP contribution in [-0.2, 0) is 32.3 Å². The minimum absolute atomic E-state index is 0.195. The van der Waals surface area contributed by atoms with E-state index in [1.54, 1.807) is 13.0 Å². The molecule has 0 saturated carbocycles. The van der Waals surface area contributed by atoms with Gasteiger partial charge in [-0.15, -0.1) is 0 Å². The molecular weight excluding hydrogens is 416 g/mol. The van der Waals surface area contributed by atoms with Gasteiger partial charge >= 0.3 is 5.69 Å². The van der Waals surface area contributed by atoms with E-state index in [0.29, 0.717) is 12.0 Å². The minimum atomic E-state index is -1.10. The van der Waals surface area contributed by atoms with Gasteiger partial charge in [0.2, 0.25) is 0 Å². The number of aliphatic hydroxyl groups excluding tert-OH is 1. The van der Waals surface area contributed by atoms with E-state index in [1.165, 1.54) is 17.9 Å². The van der Waals surface area contributed by atoms with Gasteiger partial charge in [0.05, 0.1) is 12.7 Å². The molecule has 2 aromatic rings. The van der Waals surface area contributed by atoms with Crippen molar-refractivity contribution >= 4 is 0 Å². The van der Waals surface area contributed by atoms with Crippen LogP contribution in [0.2, 0.25) is 0 Å². The maximum absolute atomic E-state index is 13.3. The summed E-state index contributed by atoms with van der Waals surface area (Å²) in [5.74, 6) is 0. The molecule has 0 unspecified atom stereocenters. The summed E-state index contributed by atoms with van der Waals surface area (Å²) in [7, 11) is 1.54. The molecule has 1 aliphatic carbocycles. The van der Waals surface area contributed by atoms with Crippen molar-refractivity contribution in [2.24, 2.45) is 0 Å². The average Bonchev–Trinajstić information content (AvgIpc) is 3.30. The first-order chi connectivity index (χ1) is 15.5. The molecule has 1 N–H and O–H groups in total. The maximum Gasteiger partial charge on any atom is 0.335 e. The van der Waals surface area contributed by atoms with Crippen molar-refractivity contribution in [1.82, 2.24) is 9.13 Å². The Morgan fingerprint density at radius 2 is 2.03 bits per heavy atom. The van der Waals surface area contributed by atoms with Crippen LogP contribution in [0.15, 0.2) is 58.3 Å². The Hall–Kier alpha value is -2.56. The molecule has 0 amide bonds. The Balaban J connectivity index is 1.45. The van der Waals surface area contributed by atoms with Crippen LogP contribution in [0, 0.1) is 6.92 Å². The highest BCUT2D eigenvalue weighted by Gasteiger charge is 2.70. The molecule has 3 heterocycles. The van der Waals surface area contributed by atoms with E-state index in [2.05, 4.69) is 0 Å². The second-order valence-corrected chi connectivity index (χ2v) is 8.41. The SMILES string of the molecule is CO[C@H]1[C@H]2O[C@@H]3CC=C[C@H](O)[C@]31O[C@H]2n1cc(C)c(=O)n(COCc2ccccc2)c1=O. The van der Waals surface area contributed by atoms with E-state index in [0.717, 1.165) is 10.1 Å². The monoisotopic (exact) mass is 442 g/mol. The number of hydrogen-bond donors (Lipinski definition) is 1. The minimum Gasteiger partial charge on any atom is -0.386 e. The molecule has 3 aliphatic rings. The lowest BCUT2D eigenvalue weighted by atomic mass is 9.81. The van der Waals surface area contributed by atoms with Gasteiger partial charge in [0.1, 0.15) is 25.0 Å². The summed E-state index contributed by atoms with van der Waals surface area (Å²) in [6.07, 6.45) is 2.27. The lowest BCUT2D eigenvalue weighted by Gasteiger charge is -2.42. The van der Waals surface area contributed by atoms with Gasteiger partial charge in [-0.25, -0.2) is 9.36 Å². The third kappa shape index (κ3) is 3.12. The molecule has 9 heteroatoms. The molecule has 1 aromatic heterocycles. The molecule has 2 saturated heterocycles. The molecule has 0 radical (unpaired) electrons. The summed E-state index contributed by atoms with van der Waals surface area (Å²) < 4.78 is 26.2. The van der Waals surface area contributed by atoms with Crippen LogP contribution < -0.4 is 11.2 Å². The zero-order valence-corrected chi connectivity index (χ0v) is 17.9. The van der Waals surface area contributed by atoms with E-state index in [-0.39, 0.29) is 19.4 Å². The highest BCUT2D eigenvalue weighted by molar-refractivity contribution is 5.24. The number of ether oxygens (including phenoxy) is 4. The molecule has 9 nitrogen and oxygen atoms in total. The zero-order valence-electron chi connectivity index (χ0n) is 17.9. The summed E-state index contributed by atoms with van der Waals surface area (Å²) in [6.45, 7) is 1.70. The smallest absolute Gasteiger partial charge is 0.335 e. The van der Waals surface area contributed by atoms with Crippen LogP contribution in [0.1, 0.15) is 23.8 Å². The Labute approximate surface area is 184 Å². The first-order valence-electron chi connectivity index (χ1n) is 10.6. The standard InChI is InChI=1S/C23H26N2O7/c1-14-11-24(22(28)25(20(14)27)13-30-12-15-7-4-3-5-8-15)21-18-19(29-2)23(32-21)16(26)9-6-10-17(23)31-18/h3-9,11,16-19,21,26H,10,12-13H2,1-2H3/t16-,17+,18+,19-,21+,23-/m0/s1. The van der Waals surface area contributed by atoms with Crippen molar-refractivity contribution in [1.29, 1.82) is 0 Å². The summed E-state index contributed by atoms with van der Waals surface area (Å²) in [4.78, 5) is 26.0. The van der Waals surface area contributed by atoms with Gasteiger partial charge in [-0.05, 0) is 18.9 Å². The van der Waals surface area contributed by atoms with Crippen LogP contribution in [0.25, 0.3) is 0 Å². The summed E-state index contributed by atoms with van der Waals surface area (Å²) in [6, 6.07) is 9.50. The fourth-order valence-electron chi connectivity index (χ4n) is 5.01. The highest BCUT2D eigenvalue weighted by Crippen LogP contribution is 2.53. The quantitative estimate of drug-likeness (QED) is 0.663. The van der Waals surface area contributed by atoms with E-state index < -0.39 is 41.4 Å². The Morgan fingerprint density at radius 3 is 2.78 bits per heavy atom. The highest BCUT2D eigenvalue weighted by atomic mass is 16.7. The maximum atomic E-state index is 13.3. The van der Waals surface area contributed by atoms with Gasteiger partial charge in [0.25, 0.3) is 5.56 Å². The van der Waals surface area contributed by atoms with Crippen LogP contribution in [0.3, 0.4) is 0 Å². The summed E-state index contributed by atoms with van der Waals surface area (Å²) in [5.41, 5.74) is -0.796. The first kappa shape index (κ1) is 21.3. The molecule has 170 valence electrons. The normalized spacial score (nSPS) is 32.9. The number of fused-ring (bicyclic) bond motifs is 1. The Bertz CT molecular complexity index is 1140. The Kier molecular flexibility index (Phi) is 5.39. The predicted molar refractivity (Wildman–Crippen MR) is 113 cm³/mol. The molecule has 1 spiro atoms. The third-order valence-corrected chi connectivity index (χ3v) is 6.53. The Morgan fingerprint density at radius 1 is 1.25 bits per heavy atom. The number of hydrogen-bond acceptors (Lipinski definition) is 7. The zero-order chi connectivity index (χ0) is 22.5. The van der Waals surface area contributed by atoms with Gasteiger partial charge in [0.15, 0.2) is 11.8 Å². The molecule has 2 fully saturated rings. The van der Waals surface area contributed by atoms with E-state index in [9.17, 15) is 14.7 Å². The fourth-order valence-corrected chi connectivity index (χ4v) is 5.01. The fraction of sp³-hybridized carbons (Fsp3) is 0.478. The topological polar surface area (TPSA) is 101 Å². The average molecular weight is 442 g/mol. The largest absolute Gasteiger partial charge is 0.386 e. The molecule has 5 rings (SSSR count). The van der Waals surface area contributed by atoms with Gasteiger partial charge in [0, 0.05) is 18.9 Å². The molecule has 2 bridgehead atoms. The number of methoxy groups -OCH3 is 1. The molecule has 2 aliphatic heterocycles. The number of rotatable bonds is 6. The van der Waals surface area contributed by atoms with E-state index in [4.69, 9.17) is 18.9 Å². The summed E-state index contributed by atoms with van der Waals surface area (Å²) >= 11 is 0. The van der Waals surface area contributed by atoms with Crippen molar-refractivity contribution in [3.05, 3.63) is 80.6 Å². The first-order valence-corrected chi connectivity index (χ1v) is 10.6. The second-order valence-electron chi connectivity index (χ2n) is 8.41. The predicted octanol–water partition coefficient (Wildman–Crippen LogP) is 0.864. The van der Waals surface area contributed by atoms with Crippen molar-refractivity contribution < 1.29 is 24.1 Å². The van der Waals surface area contributed by atoms with Gasteiger partial charge < -0.3 is 24.1 Å². The number of nitrogens with zero attached hydrogens (tertiary/aromatic N) is 2. The van der Waals surface area contributed by atoms with Crippen molar-refractivity contribution in [2.75, 3.05) is 7.11 Å².